The van der Waals surface area contributed by atoms with Crippen LogP contribution < -0.4 is 10.6 Å². The normalized spacial score (nSPS) is 16.4. The van der Waals surface area contributed by atoms with Crippen LogP contribution in [0.2, 0.25) is 0 Å². The summed E-state index contributed by atoms with van der Waals surface area (Å²) in [5.41, 5.74) is 0. The number of guanidine groups is 1. The highest BCUT2D eigenvalue weighted by atomic mass is 15.3. The van der Waals surface area contributed by atoms with Crippen LogP contribution in [0.15, 0.2) is 11.3 Å². The molecule has 1 aromatic rings. The summed E-state index contributed by atoms with van der Waals surface area (Å²) in [6, 6.07) is 0. The third-order valence-corrected chi connectivity index (χ3v) is 4.25. The molecule has 0 saturated heterocycles. The summed E-state index contributed by atoms with van der Waals surface area (Å²) >= 11 is 0. The summed E-state index contributed by atoms with van der Waals surface area (Å²) < 4.78 is 1.77. The van der Waals surface area contributed by atoms with Crippen LogP contribution in [0.25, 0.3) is 0 Å². The Bertz CT molecular complexity index is 433. The quantitative estimate of drug-likeness (QED) is 0.457. The number of hydrogen-bond acceptors (Lipinski definition) is 3. The van der Waals surface area contributed by atoms with Gasteiger partial charge < -0.3 is 10.6 Å². The molecule has 1 aliphatic carbocycles. The lowest BCUT2D eigenvalue weighted by Gasteiger charge is -2.12. The van der Waals surface area contributed by atoms with Gasteiger partial charge in [-0.05, 0) is 12.3 Å². The molecule has 0 aliphatic heterocycles. The summed E-state index contributed by atoms with van der Waals surface area (Å²) in [6.07, 6.45) is 11.3. The van der Waals surface area contributed by atoms with E-state index >= 15 is 0 Å². The van der Waals surface area contributed by atoms with Gasteiger partial charge in [0, 0.05) is 20.6 Å². The Balaban J connectivity index is 1.56. The van der Waals surface area contributed by atoms with Gasteiger partial charge in [0.2, 0.25) is 0 Å². The van der Waals surface area contributed by atoms with Gasteiger partial charge in [-0.3, -0.25) is 9.67 Å². The van der Waals surface area contributed by atoms with Crippen molar-refractivity contribution in [2.24, 2.45) is 18.0 Å². The number of nitrogens with zero attached hydrogens (tertiary/aromatic N) is 4. The van der Waals surface area contributed by atoms with Crippen molar-refractivity contribution in [3.8, 4) is 0 Å². The van der Waals surface area contributed by atoms with E-state index in [0.29, 0.717) is 6.54 Å². The number of aliphatic imine (C=N–C) groups is 1. The van der Waals surface area contributed by atoms with E-state index in [9.17, 15) is 0 Å². The highest BCUT2D eigenvalue weighted by molar-refractivity contribution is 5.79. The molecule has 1 fully saturated rings. The molecule has 1 saturated carbocycles. The number of unbranched alkanes of at least 4 members (excludes halogenated alkanes) is 1. The molecule has 0 radical (unpaired) electrons. The second kappa shape index (κ2) is 8.64. The Morgan fingerprint density at radius 1 is 1.33 bits per heavy atom. The van der Waals surface area contributed by atoms with Gasteiger partial charge in [-0.1, -0.05) is 38.5 Å². The first kappa shape index (κ1) is 15.8. The van der Waals surface area contributed by atoms with Crippen LogP contribution in [-0.4, -0.2) is 34.3 Å². The van der Waals surface area contributed by atoms with Crippen LogP contribution in [0, 0.1) is 5.92 Å². The van der Waals surface area contributed by atoms with E-state index in [2.05, 4.69) is 25.7 Å². The molecule has 1 aromatic heterocycles. The average Bonchev–Trinajstić information content (AvgIpc) is 3.14. The summed E-state index contributed by atoms with van der Waals surface area (Å²) in [5.74, 6) is 2.73. The minimum Gasteiger partial charge on any atom is -0.356 e. The zero-order chi connectivity index (χ0) is 14.9. The molecule has 118 valence electrons. The number of hydrogen-bond donors (Lipinski definition) is 2. The van der Waals surface area contributed by atoms with E-state index < -0.39 is 0 Å². The fourth-order valence-electron chi connectivity index (χ4n) is 2.93. The molecule has 0 amide bonds. The fraction of sp³-hybridized carbons (Fsp3) is 0.800. The lowest BCUT2D eigenvalue weighted by atomic mass is 10.0. The second-order valence-electron chi connectivity index (χ2n) is 5.80. The van der Waals surface area contributed by atoms with Gasteiger partial charge in [-0.25, -0.2) is 4.98 Å². The molecule has 2 rings (SSSR count). The third kappa shape index (κ3) is 5.36. The van der Waals surface area contributed by atoms with E-state index in [1.54, 1.807) is 18.1 Å². The molecular formula is C15H28N6. The van der Waals surface area contributed by atoms with Crippen LogP contribution in [0.5, 0.6) is 0 Å². The van der Waals surface area contributed by atoms with Crippen molar-refractivity contribution in [2.75, 3.05) is 13.6 Å². The molecule has 0 aromatic carbocycles. The molecule has 0 spiro atoms. The Kier molecular flexibility index (Phi) is 6.50. The molecular weight excluding hydrogens is 264 g/mol. The molecule has 2 N–H and O–H groups in total. The number of nitrogens with one attached hydrogen (secondary N) is 2. The Hall–Kier alpha value is -1.59. The first-order chi connectivity index (χ1) is 10.3. The predicted octanol–water partition coefficient (Wildman–Crippen LogP) is 1.84. The van der Waals surface area contributed by atoms with Crippen LogP contribution >= 0.6 is 0 Å². The molecule has 0 atom stereocenters. The lowest BCUT2D eigenvalue weighted by Crippen LogP contribution is -2.37. The van der Waals surface area contributed by atoms with Crippen molar-refractivity contribution in [1.29, 1.82) is 0 Å². The van der Waals surface area contributed by atoms with Crippen molar-refractivity contribution >= 4 is 5.96 Å². The number of aromatic nitrogens is 3. The maximum absolute atomic E-state index is 4.23. The van der Waals surface area contributed by atoms with Gasteiger partial charge >= 0.3 is 0 Å². The predicted molar refractivity (Wildman–Crippen MR) is 85.0 cm³/mol. The fourth-order valence-corrected chi connectivity index (χ4v) is 2.93. The zero-order valence-corrected chi connectivity index (χ0v) is 13.3. The average molecular weight is 292 g/mol. The highest BCUT2D eigenvalue weighted by Gasteiger charge is 2.13. The zero-order valence-electron chi connectivity index (χ0n) is 13.3. The van der Waals surface area contributed by atoms with Gasteiger partial charge in [0.25, 0.3) is 0 Å². The second-order valence-corrected chi connectivity index (χ2v) is 5.80. The van der Waals surface area contributed by atoms with Gasteiger partial charge in [0.1, 0.15) is 12.2 Å². The van der Waals surface area contributed by atoms with Crippen LogP contribution in [0.4, 0.5) is 0 Å². The van der Waals surface area contributed by atoms with Crippen molar-refractivity contribution in [1.82, 2.24) is 25.4 Å². The van der Waals surface area contributed by atoms with Crippen LogP contribution in [-0.2, 0) is 13.6 Å². The van der Waals surface area contributed by atoms with Crippen molar-refractivity contribution in [3.05, 3.63) is 12.2 Å². The Labute approximate surface area is 127 Å². The van der Waals surface area contributed by atoms with E-state index in [4.69, 9.17) is 0 Å². The molecule has 0 unspecified atom stereocenters. The molecule has 0 bridgehead atoms. The van der Waals surface area contributed by atoms with E-state index in [1.807, 2.05) is 7.05 Å². The maximum Gasteiger partial charge on any atom is 0.191 e. The van der Waals surface area contributed by atoms with E-state index in [-0.39, 0.29) is 0 Å². The van der Waals surface area contributed by atoms with E-state index in [0.717, 1.165) is 24.2 Å². The van der Waals surface area contributed by atoms with Crippen molar-refractivity contribution in [3.63, 3.8) is 0 Å². The van der Waals surface area contributed by atoms with Crippen molar-refractivity contribution < 1.29 is 0 Å². The summed E-state index contributed by atoms with van der Waals surface area (Å²) in [5, 5.41) is 10.7. The summed E-state index contributed by atoms with van der Waals surface area (Å²) in [7, 11) is 3.69. The summed E-state index contributed by atoms with van der Waals surface area (Å²) in [4.78, 5) is 8.41. The molecule has 6 heteroatoms. The Morgan fingerprint density at radius 3 is 2.81 bits per heavy atom. The molecule has 1 heterocycles. The first-order valence-electron chi connectivity index (χ1n) is 8.07. The Morgan fingerprint density at radius 2 is 2.14 bits per heavy atom. The molecule has 21 heavy (non-hydrogen) atoms. The smallest absolute Gasteiger partial charge is 0.191 e. The lowest BCUT2D eigenvalue weighted by molar-refractivity contribution is 0.472. The number of aryl methyl sites for hydroxylation is 1. The third-order valence-electron chi connectivity index (χ3n) is 4.25. The topological polar surface area (TPSA) is 67.1 Å². The standard InChI is InChI=1S/C15H28N6/c1-16-15(18-11-14-19-12-20-21(14)2)17-10-6-5-9-13-7-3-4-8-13/h12-13H,3-11H2,1-2H3,(H2,16,17,18). The van der Waals surface area contributed by atoms with Gasteiger partial charge in [0.05, 0.1) is 6.54 Å². The van der Waals surface area contributed by atoms with Gasteiger partial charge in [-0.15, -0.1) is 0 Å². The minimum atomic E-state index is 0.637. The summed E-state index contributed by atoms with van der Waals surface area (Å²) in [6.45, 7) is 1.61. The van der Waals surface area contributed by atoms with Crippen molar-refractivity contribution in [2.45, 2.75) is 51.5 Å². The van der Waals surface area contributed by atoms with Gasteiger partial charge in [0.15, 0.2) is 5.96 Å². The minimum absolute atomic E-state index is 0.637. The van der Waals surface area contributed by atoms with Crippen LogP contribution in [0.3, 0.4) is 0 Å². The van der Waals surface area contributed by atoms with Crippen LogP contribution in [0.1, 0.15) is 50.8 Å². The highest BCUT2D eigenvalue weighted by Crippen LogP contribution is 2.28. The van der Waals surface area contributed by atoms with Gasteiger partial charge in [-0.2, -0.15) is 5.10 Å². The SMILES string of the molecule is CN=C(NCCCCC1CCCC1)NCc1ncnn1C. The molecule has 6 nitrogen and oxygen atoms in total. The number of rotatable bonds is 7. The molecule has 1 aliphatic rings. The monoisotopic (exact) mass is 292 g/mol. The largest absolute Gasteiger partial charge is 0.356 e. The first-order valence-corrected chi connectivity index (χ1v) is 8.07. The maximum atomic E-state index is 4.23. The van der Waals surface area contributed by atoms with E-state index in [1.165, 1.54) is 44.9 Å².